The van der Waals surface area contributed by atoms with E-state index in [1.54, 1.807) is 0 Å². The van der Waals surface area contributed by atoms with Crippen molar-refractivity contribution >= 4 is 13.3 Å². The summed E-state index contributed by atoms with van der Waals surface area (Å²) in [6.07, 6.45) is -5.03. The minimum absolute atomic E-state index is 0.238. The molecule has 0 aliphatic rings. The molecule has 0 aromatic heterocycles. The molecule has 0 spiro atoms. The maximum Gasteiger partial charge on any atom is 0.391 e. The van der Waals surface area contributed by atoms with Gasteiger partial charge in [-0.15, -0.1) is 0 Å². The van der Waals surface area contributed by atoms with Crippen molar-refractivity contribution in [3.63, 3.8) is 0 Å². The molecule has 102 valence electrons. The first kappa shape index (κ1) is 15.2. The number of rotatable bonds is 5. The second kappa shape index (κ2) is 5.89. The molecule has 5 heteroatoms. The van der Waals surface area contributed by atoms with Crippen LogP contribution in [0.4, 0.5) is 13.2 Å². The van der Waals surface area contributed by atoms with Gasteiger partial charge in [-0.25, -0.2) is 0 Å². The summed E-state index contributed by atoms with van der Waals surface area (Å²) >= 11 is 0. The van der Waals surface area contributed by atoms with Crippen molar-refractivity contribution in [3.05, 3.63) is 29.8 Å². The highest BCUT2D eigenvalue weighted by Gasteiger charge is 2.26. The van der Waals surface area contributed by atoms with Gasteiger partial charge in [-0.3, -0.25) is 0 Å². The number of benzene rings is 1. The summed E-state index contributed by atoms with van der Waals surface area (Å²) in [7, 11) is -1.31. The Morgan fingerprint density at radius 3 is 2.06 bits per heavy atom. The van der Waals surface area contributed by atoms with Crippen molar-refractivity contribution in [1.82, 2.24) is 0 Å². The standard InChI is InChI=1S/C13H19F3OSi/c1-18(2,3)12-6-4-11(5-7-12)10-17-9-8-13(14,15)16/h4-7H,8-10H2,1-3H3. The second-order valence-electron chi connectivity index (χ2n) is 5.36. The maximum atomic E-state index is 11.9. The predicted molar refractivity (Wildman–Crippen MR) is 69.8 cm³/mol. The molecule has 18 heavy (non-hydrogen) atoms. The van der Waals surface area contributed by atoms with E-state index in [1.165, 1.54) is 5.19 Å². The van der Waals surface area contributed by atoms with Crippen LogP contribution in [0, 0.1) is 0 Å². The van der Waals surface area contributed by atoms with Gasteiger partial charge in [-0.05, 0) is 5.56 Å². The molecule has 0 fully saturated rings. The van der Waals surface area contributed by atoms with Gasteiger partial charge in [0.2, 0.25) is 0 Å². The summed E-state index contributed by atoms with van der Waals surface area (Å²) in [4.78, 5) is 0. The maximum absolute atomic E-state index is 11.9. The lowest BCUT2D eigenvalue weighted by Gasteiger charge is -2.16. The predicted octanol–water partition coefficient (Wildman–Crippen LogP) is 3.70. The molecular formula is C13H19F3OSi. The van der Waals surface area contributed by atoms with Gasteiger partial charge in [-0.2, -0.15) is 13.2 Å². The van der Waals surface area contributed by atoms with Crippen molar-refractivity contribution in [2.24, 2.45) is 0 Å². The first-order valence-electron chi connectivity index (χ1n) is 5.92. The van der Waals surface area contributed by atoms with E-state index in [9.17, 15) is 13.2 Å². The number of halogens is 3. The zero-order valence-corrected chi connectivity index (χ0v) is 12.0. The Kier molecular flexibility index (Phi) is 4.98. The first-order valence-corrected chi connectivity index (χ1v) is 9.42. The van der Waals surface area contributed by atoms with Crippen molar-refractivity contribution in [2.75, 3.05) is 6.61 Å². The average molecular weight is 276 g/mol. The molecule has 0 N–H and O–H groups in total. The summed E-state index contributed by atoms with van der Waals surface area (Å²) in [5.41, 5.74) is 0.916. The third kappa shape index (κ3) is 5.69. The van der Waals surface area contributed by atoms with Crippen molar-refractivity contribution in [1.29, 1.82) is 0 Å². The van der Waals surface area contributed by atoms with Gasteiger partial charge in [0, 0.05) is 0 Å². The minimum atomic E-state index is -4.14. The second-order valence-corrected chi connectivity index (χ2v) is 10.4. The number of alkyl halides is 3. The summed E-state index contributed by atoms with van der Waals surface area (Å²) in [6, 6.07) is 7.96. The highest BCUT2D eigenvalue weighted by molar-refractivity contribution is 6.88. The first-order chi connectivity index (χ1) is 8.18. The minimum Gasteiger partial charge on any atom is -0.376 e. The van der Waals surface area contributed by atoms with Gasteiger partial charge in [0.15, 0.2) is 0 Å². The van der Waals surface area contributed by atoms with E-state index in [-0.39, 0.29) is 13.2 Å². The van der Waals surface area contributed by atoms with Gasteiger partial charge in [0.25, 0.3) is 0 Å². The highest BCUT2D eigenvalue weighted by atomic mass is 28.3. The fraction of sp³-hybridized carbons (Fsp3) is 0.538. The van der Waals surface area contributed by atoms with Gasteiger partial charge in [-0.1, -0.05) is 49.1 Å². The topological polar surface area (TPSA) is 9.23 Å². The fourth-order valence-electron chi connectivity index (χ4n) is 1.48. The highest BCUT2D eigenvalue weighted by Crippen LogP contribution is 2.19. The van der Waals surface area contributed by atoms with Gasteiger partial charge in [0.1, 0.15) is 0 Å². The Bertz CT molecular complexity index is 365. The molecule has 0 aliphatic carbocycles. The Labute approximate surface area is 107 Å². The third-order valence-corrected chi connectivity index (χ3v) is 4.68. The quantitative estimate of drug-likeness (QED) is 0.588. The average Bonchev–Trinajstić information content (AvgIpc) is 2.22. The smallest absolute Gasteiger partial charge is 0.376 e. The van der Waals surface area contributed by atoms with E-state index in [4.69, 9.17) is 4.74 Å². The molecule has 0 unspecified atom stereocenters. The fourth-order valence-corrected chi connectivity index (χ4v) is 2.65. The summed E-state index contributed by atoms with van der Waals surface area (Å²) in [5, 5.41) is 1.33. The van der Waals surface area contributed by atoms with Crippen LogP contribution in [-0.4, -0.2) is 20.9 Å². The molecular weight excluding hydrogens is 257 g/mol. The van der Waals surface area contributed by atoms with Crippen LogP contribution in [0.15, 0.2) is 24.3 Å². The SMILES string of the molecule is C[Si](C)(C)c1ccc(COCCC(F)(F)F)cc1. The zero-order chi connectivity index (χ0) is 13.8. The molecule has 0 heterocycles. The number of hydrogen-bond donors (Lipinski definition) is 0. The van der Waals surface area contributed by atoms with E-state index in [0.717, 1.165) is 5.56 Å². The molecule has 1 aromatic rings. The van der Waals surface area contributed by atoms with E-state index >= 15 is 0 Å². The Hall–Kier alpha value is -0.813. The van der Waals surface area contributed by atoms with E-state index in [1.807, 2.05) is 12.1 Å². The van der Waals surface area contributed by atoms with Crippen molar-refractivity contribution in [3.8, 4) is 0 Å². The van der Waals surface area contributed by atoms with Crippen LogP contribution in [-0.2, 0) is 11.3 Å². The Balaban J connectivity index is 2.41. The number of hydrogen-bond acceptors (Lipinski definition) is 1. The molecule has 0 saturated heterocycles. The van der Waals surface area contributed by atoms with Crippen LogP contribution in [0.2, 0.25) is 19.6 Å². The van der Waals surface area contributed by atoms with E-state index < -0.39 is 20.7 Å². The molecule has 0 radical (unpaired) electrons. The summed E-state index contributed by atoms with van der Waals surface area (Å²) in [5.74, 6) is 0. The molecule has 0 atom stereocenters. The summed E-state index contributed by atoms with van der Waals surface area (Å²) in [6.45, 7) is 6.72. The summed E-state index contributed by atoms with van der Waals surface area (Å²) < 4.78 is 40.7. The molecule has 0 saturated carbocycles. The van der Waals surface area contributed by atoms with Crippen LogP contribution >= 0.6 is 0 Å². The van der Waals surface area contributed by atoms with E-state index in [0.29, 0.717) is 0 Å². The molecule has 0 amide bonds. The van der Waals surface area contributed by atoms with Gasteiger partial charge in [0.05, 0.1) is 27.7 Å². The lowest BCUT2D eigenvalue weighted by molar-refractivity contribution is -0.146. The van der Waals surface area contributed by atoms with Gasteiger partial charge < -0.3 is 4.74 Å². The normalized spacial score (nSPS) is 12.8. The third-order valence-electron chi connectivity index (χ3n) is 2.62. The van der Waals surface area contributed by atoms with Crippen LogP contribution in [0.3, 0.4) is 0 Å². The van der Waals surface area contributed by atoms with Crippen molar-refractivity contribution < 1.29 is 17.9 Å². The van der Waals surface area contributed by atoms with E-state index in [2.05, 4.69) is 31.8 Å². The monoisotopic (exact) mass is 276 g/mol. The largest absolute Gasteiger partial charge is 0.391 e. The molecule has 1 nitrogen and oxygen atoms in total. The molecule has 1 rings (SSSR count). The lowest BCUT2D eigenvalue weighted by atomic mass is 10.2. The molecule has 0 aliphatic heterocycles. The Morgan fingerprint density at radius 1 is 1.06 bits per heavy atom. The van der Waals surface area contributed by atoms with Crippen LogP contribution in [0.5, 0.6) is 0 Å². The lowest BCUT2D eigenvalue weighted by Crippen LogP contribution is -2.37. The van der Waals surface area contributed by atoms with Crippen LogP contribution in [0.1, 0.15) is 12.0 Å². The number of ether oxygens (including phenoxy) is 1. The van der Waals surface area contributed by atoms with Crippen LogP contribution in [0.25, 0.3) is 0 Å². The van der Waals surface area contributed by atoms with Gasteiger partial charge >= 0.3 is 6.18 Å². The van der Waals surface area contributed by atoms with Crippen molar-refractivity contribution in [2.45, 2.75) is 38.8 Å². The molecule has 0 bridgehead atoms. The zero-order valence-electron chi connectivity index (χ0n) is 11.0. The van der Waals surface area contributed by atoms with Crippen LogP contribution < -0.4 is 5.19 Å². The molecule has 1 aromatic carbocycles. The Morgan fingerprint density at radius 2 is 1.61 bits per heavy atom.